The summed E-state index contributed by atoms with van der Waals surface area (Å²) in [5.74, 6) is -31.6. The molecule has 1 aliphatic carbocycles. The molecule has 0 aromatic heterocycles. The third-order valence-electron chi connectivity index (χ3n) is 8.27. The van der Waals surface area contributed by atoms with Crippen LogP contribution in [0.15, 0.2) is 48.5 Å². The van der Waals surface area contributed by atoms with E-state index in [1.165, 1.54) is 0 Å². The Morgan fingerprint density at radius 2 is 1.42 bits per heavy atom. The number of Topliss-reactive ketones (excluding diaryl/α,β-unsaturated/α-hetero) is 2. The van der Waals surface area contributed by atoms with Crippen molar-refractivity contribution in [2.45, 2.75) is 53.1 Å². The molecule has 5 rings (SSSR count). The largest absolute Gasteiger partial charge is 0.429 e. The highest BCUT2D eigenvalue weighted by Crippen LogP contribution is 2.65. The predicted octanol–water partition coefficient (Wildman–Crippen LogP) is 9.40. The van der Waals surface area contributed by atoms with Gasteiger partial charge in [-0.3, -0.25) is 19.1 Å². The van der Waals surface area contributed by atoms with E-state index in [4.69, 9.17) is 34.8 Å². The molecule has 0 bridgehead atoms. The summed E-state index contributed by atoms with van der Waals surface area (Å²) in [4.78, 5) is 38.4. The second-order valence-electron chi connectivity index (χ2n) is 11.6. The lowest BCUT2D eigenvalue weighted by molar-refractivity contribution is -0.333. The average molecular weight is 819 g/mol. The molecule has 1 saturated heterocycles. The highest BCUT2D eigenvalue weighted by Gasteiger charge is 2.91. The van der Waals surface area contributed by atoms with Gasteiger partial charge in [-0.05, 0) is 47.5 Å². The van der Waals surface area contributed by atoms with E-state index < -0.39 is 116 Å². The molecule has 1 aliphatic heterocycles. The first-order chi connectivity index (χ1) is 23.7. The summed E-state index contributed by atoms with van der Waals surface area (Å²) in [6.45, 7) is 0. The maximum atomic E-state index is 15.3. The fourth-order valence-electron chi connectivity index (χ4n) is 5.47. The van der Waals surface area contributed by atoms with Gasteiger partial charge in [0.1, 0.15) is 21.8 Å². The van der Waals surface area contributed by atoms with Crippen molar-refractivity contribution >= 4 is 58.0 Å². The molecular weight excluding hydrogens is 804 g/mol. The lowest BCUT2D eigenvalue weighted by Crippen LogP contribution is -2.56. The summed E-state index contributed by atoms with van der Waals surface area (Å²) in [6.07, 6.45) is -14.5. The quantitative estimate of drug-likeness (QED) is 0.133. The Balaban J connectivity index is 1.34. The number of rotatable bonds is 9. The first-order valence-corrected chi connectivity index (χ1v) is 15.2. The van der Waals surface area contributed by atoms with Crippen molar-refractivity contribution in [1.29, 1.82) is 0 Å². The van der Waals surface area contributed by atoms with Gasteiger partial charge in [0.15, 0.2) is 5.78 Å². The van der Waals surface area contributed by atoms with Crippen LogP contribution >= 0.6 is 34.8 Å². The van der Waals surface area contributed by atoms with E-state index in [9.17, 15) is 67.1 Å². The second kappa shape index (κ2) is 12.8. The molecule has 2 fully saturated rings. The van der Waals surface area contributed by atoms with Gasteiger partial charge in [0.2, 0.25) is 11.7 Å². The van der Waals surface area contributed by atoms with Crippen LogP contribution in [0.5, 0.6) is 0 Å². The molecule has 3 aromatic carbocycles. The number of benzene rings is 3. The van der Waals surface area contributed by atoms with E-state index in [-0.39, 0.29) is 16.3 Å². The third kappa shape index (κ3) is 6.38. The average Bonchev–Trinajstić information content (AvgIpc) is 3.58. The van der Waals surface area contributed by atoms with E-state index in [2.05, 4.69) is 10.1 Å². The van der Waals surface area contributed by atoms with Gasteiger partial charge >= 0.3 is 30.0 Å². The number of hydrogen-bond acceptors (Lipinski definition) is 4. The van der Waals surface area contributed by atoms with E-state index in [0.717, 1.165) is 24.3 Å². The summed E-state index contributed by atoms with van der Waals surface area (Å²) in [6, 6.07) is 6.00. The minimum atomic E-state index is -6.54. The number of amides is 1. The number of halogens is 16. The number of alkyl halides is 12. The molecule has 1 amide bonds. The molecule has 3 aromatic rings. The molecular formula is C31H15Cl3F13NO4. The summed E-state index contributed by atoms with van der Waals surface area (Å²) in [5, 5.41) is 1.98. The van der Waals surface area contributed by atoms with Crippen molar-refractivity contribution in [2.75, 3.05) is 5.32 Å². The predicted molar refractivity (Wildman–Crippen MR) is 155 cm³/mol. The van der Waals surface area contributed by atoms with Gasteiger partial charge in [0, 0.05) is 35.6 Å². The number of ketones is 2. The molecule has 21 heteroatoms. The summed E-state index contributed by atoms with van der Waals surface area (Å²) in [7, 11) is 0. The number of carbonyl (C=O) groups excluding carboxylic acids is 3. The van der Waals surface area contributed by atoms with Crippen LogP contribution in [0.3, 0.4) is 0 Å². The van der Waals surface area contributed by atoms with Crippen molar-refractivity contribution in [3.8, 4) is 0 Å². The lowest BCUT2D eigenvalue weighted by atomic mass is 9.94. The van der Waals surface area contributed by atoms with Crippen LogP contribution in [0.2, 0.25) is 5.02 Å². The van der Waals surface area contributed by atoms with Gasteiger partial charge in [0.25, 0.3) is 0 Å². The lowest BCUT2D eigenvalue weighted by Gasteiger charge is -2.25. The van der Waals surface area contributed by atoms with Crippen LogP contribution in [0.4, 0.5) is 62.8 Å². The number of ether oxygens (including phenoxy) is 1. The number of anilines is 1. The zero-order chi connectivity index (χ0) is 39.1. The van der Waals surface area contributed by atoms with Gasteiger partial charge in [-0.15, -0.1) is 23.2 Å². The molecule has 1 N–H and O–H groups in total. The van der Waals surface area contributed by atoms with E-state index >= 15 is 4.39 Å². The van der Waals surface area contributed by atoms with Crippen molar-refractivity contribution < 1.29 is 76.2 Å². The van der Waals surface area contributed by atoms with E-state index in [1.54, 1.807) is 0 Å². The minimum absolute atomic E-state index is 0.201. The normalized spacial score (nSPS) is 24.0. The van der Waals surface area contributed by atoms with Crippen molar-refractivity contribution in [1.82, 2.24) is 0 Å². The standard InChI is InChI=1S/C31H15Cl3F13NO4/c32-17-4-3-13(48-25(51)23-22(26(23,33)34)11-1-6-19(36)16(7-11)28(39,40)41)9-14(17)20(49)8-12-2-5-18(35)15(24(12)37)10-21(50)27(38)29(42,43)30(44,45)31(46,47)52-27/h1-7,9,22-23H,8,10H2,(H,48,51)/t22-,23+,27?/m0/s1. The van der Waals surface area contributed by atoms with E-state index in [0.29, 0.717) is 24.3 Å². The Bertz CT molecular complexity index is 2010. The van der Waals surface area contributed by atoms with Gasteiger partial charge in [0.05, 0.1) is 16.5 Å². The molecule has 2 aliphatic rings. The monoisotopic (exact) mass is 817 g/mol. The smallest absolute Gasteiger partial charge is 0.326 e. The summed E-state index contributed by atoms with van der Waals surface area (Å²) < 4.78 is 180. The fraction of sp³-hybridized carbons (Fsp3) is 0.323. The van der Waals surface area contributed by atoms with Gasteiger partial charge in [-0.25, -0.2) is 13.2 Å². The van der Waals surface area contributed by atoms with Crippen LogP contribution < -0.4 is 5.32 Å². The Hall–Kier alpha value is -3.61. The highest BCUT2D eigenvalue weighted by molar-refractivity contribution is 6.53. The van der Waals surface area contributed by atoms with Gasteiger partial charge in [-0.1, -0.05) is 23.7 Å². The summed E-state index contributed by atoms with van der Waals surface area (Å²) >= 11 is 18.4. The van der Waals surface area contributed by atoms with Crippen LogP contribution in [0.1, 0.15) is 38.5 Å². The Morgan fingerprint density at radius 3 is 2.00 bits per heavy atom. The number of carbonyl (C=O) groups is 3. The van der Waals surface area contributed by atoms with Crippen LogP contribution in [0.25, 0.3) is 0 Å². The number of hydrogen-bond donors (Lipinski definition) is 1. The van der Waals surface area contributed by atoms with Crippen LogP contribution in [-0.2, 0) is 33.3 Å². The Morgan fingerprint density at radius 1 is 0.808 bits per heavy atom. The first kappa shape index (κ1) is 39.6. The molecule has 1 unspecified atom stereocenters. The van der Waals surface area contributed by atoms with E-state index in [1.807, 2.05) is 0 Å². The Labute approximate surface area is 296 Å². The van der Waals surface area contributed by atoms with Crippen molar-refractivity contribution in [2.24, 2.45) is 5.92 Å². The highest BCUT2D eigenvalue weighted by atomic mass is 35.5. The molecule has 1 saturated carbocycles. The van der Waals surface area contributed by atoms with Crippen molar-refractivity contribution in [3.63, 3.8) is 0 Å². The molecule has 5 nitrogen and oxygen atoms in total. The molecule has 1 heterocycles. The maximum Gasteiger partial charge on any atom is 0.429 e. The zero-order valence-corrected chi connectivity index (χ0v) is 27.1. The molecule has 3 atom stereocenters. The Kier molecular flexibility index (Phi) is 9.72. The topological polar surface area (TPSA) is 72.5 Å². The SMILES string of the molecule is O=C(Cc1ccc(F)c(CC(=O)C2(F)OC(F)(F)C(F)(F)C2(F)F)c1F)c1cc(NC(=O)[C@H]2[C@H](c3ccc(F)c(C(F)(F)F)c3)C2(Cl)Cl)ccc1Cl. The molecule has 280 valence electrons. The van der Waals surface area contributed by atoms with Gasteiger partial charge < -0.3 is 5.32 Å². The molecule has 52 heavy (non-hydrogen) atoms. The third-order valence-corrected chi connectivity index (χ3v) is 9.54. The molecule has 0 spiro atoms. The van der Waals surface area contributed by atoms with Crippen LogP contribution in [-0.4, -0.2) is 45.6 Å². The summed E-state index contributed by atoms with van der Waals surface area (Å²) in [5.41, 5.74) is -4.92. The second-order valence-corrected chi connectivity index (χ2v) is 13.5. The zero-order valence-electron chi connectivity index (χ0n) is 24.9. The van der Waals surface area contributed by atoms with Crippen molar-refractivity contribution in [3.05, 3.63) is 98.8 Å². The maximum absolute atomic E-state index is 15.3. The number of nitrogens with one attached hydrogen (secondary N) is 1. The molecule has 0 radical (unpaired) electrons. The van der Waals surface area contributed by atoms with Gasteiger partial charge in [-0.2, -0.15) is 43.9 Å². The fourth-order valence-corrected chi connectivity index (χ4v) is 6.52. The first-order valence-electron chi connectivity index (χ1n) is 14.1. The minimum Gasteiger partial charge on any atom is -0.326 e. The van der Waals surface area contributed by atoms with Crippen LogP contribution in [0, 0.1) is 23.4 Å².